The number of amides is 1. The van der Waals surface area contributed by atoms with Crippen LogP contribution in [0.2, 0.25) is 0 Å². The fourth-order valence-corrected chi connectivity index (χ4v) is 2.48. The van der Waals surface area contributed by atoms with Crippen LogP contribution < -0.4 is 10.1 Å². The molecule has 2 aromatic rings. The lowest BCUT2D eigenvalue weighted by atomic mass is 10.1. The number of para-hydroxylation sites is 1. The summed E-state index contributed by atoms with van der Waals surface area (Å²) in [6.45, 7) is 4.38. The summed E-state index contributed by atoms with van der Waals surface area (Å²) >= 11 is 0. The van der Waals surface area contributed by atoms with E-state index in [2.05, 4.69) is 22.6 Å². The highest BCUT2D eigenvalue weighted by Crippen LogP contribution is 2.15. The van der Waals surface area contributed by atoms with Gasteiger partial charge in [0.2, 0.25) is 0 Å². The first-order chi connectivity index (χ1) is 12.7. The summed E-state index contributed by atoms with van der Waals surface area (Å²) in [5, 5.41) is 6.78. The number of hydrogen-bond donors (Lipinski definition) is 1. The van der Waals surface area contributed by atoms with E-state index in [1.165, 1.54) is 5.56 Å². The minimum atomic E-state index is -0.180. The molecular formula is C21H26N2O3. The zero-order chi connectivity index (χ0) is 18.6. The maximum absolute atomic E-state index is 11.9. The van der Waals surface area contributed by atoms with Crippen molar-refractivity contribution in [2.24, 2.45) is 5.16 Å². The summed E-state index contributed by atoms with van der Waals surface area (Å²) in [6.07, 6.45) is 3.35. The summed E-state index contributed by atoms with van der Waals surface area (Å²) in [6, 6.07) is 17.8. The Kier molecular flexibility index (Phi) is 8.19. The van der Waals surface area contributed by atoms with Gasteiger partial charge in [-0.1, -0.05) is 47.6 Å². The van der Waals surface area contributed by atoms with Crippen LogP contribution in [0.5, 0.6) is 5.75 Å². The van der Waals surface area contributed by atoms with Crippen molar-refractivity contribution < 1.29 is 14.4 Å². The number of oxime groups is 1. The predicted octanol–water partition coefficient (Wildman–Crippen LogP) is 3.57. The van der Waals surface area contributed by atoms with E-state index in [1.54, 1.807) is 6.21 Å². The minimum Gasteiger partial charge on any atom is -0.493 e. The van der Waals surface area contributed by atoms with E-state index in [9.17, 15) is 4.79 Å². The number of aryl methyl sites for hydroxylation is 1. The van der Waals surface area contributed by atoms with Crippen LogP contribution in [0.15, 0.2) is 59.8 Å². The zero-order valence-corrected chi connectivity index (χ0v) is 15.4. The molecule has 26 heavy (non-hydrogen) atoms. The van der Waals surface area contributed by atoms with Crippen molar-refractivity contribution in [3.63, 3.8) is 0 Å². The molecule has 0 aliphatic rings. The first-order valence-electron chi connectivity index (χ1n) is 8.89. The van der Waals surface area contributed by atoms with Gasteiger partial charge in [0.1, 0.15) is 5.75 Å². The molecule has 1 atom stereocenters. The number of carbonyl (C=O) groups is 1. The molecule has 0 aliphatic heterocycles. The van der Waals surface area contributed by atoms with Crippen molar-refractivity contribution in [1.29, 1.82) is 0 Å². The van der Waals surface area contributed by atoms with E-state index < -0.39 is 0 Å². The molecule has 2 aromatic carbocycles. The van der Waals surface area contributed by atoms with Crippen molar-refractivity contribution in [1.82, 2.24) is 5.32 Å². The lowest BCUT2D eigenvalue weighted by Gasteiger charge is -2.13. The molecule has 0 heterocycles. The number of rotatable bonds is 10. The standard InChI is InChI=1S/C21H26N2O3/c1-3-25-20-12-8-7-11-19(20)15-22-26-16-21(24)23-17(2)13-14-18-9-5-4-6-10-18/h4-12,15,17H,3,13-14,16H2,1-2H3,(H,23,24)/b22-15-/t17-/m0/s1. The third kappa shape index (κ3) is 6.97. The third-order valence-electron chi connectivity index (χ3n) is 3.80. The van der Waals surface area contributed by atoms with Crippen molar-refractivity contribution in [2.45, 2.75) is 32.7 Å². The molecule has 5 heteroatoms. The first kappa shape index (κ1) is 19.5. The Balaban J connectivity index is 1.70. The van der Waals surface area contributed by atoms with E-state index in [4.69, 9.17) is 9.57 Å². The minimum absolute atomic E-state index is 0.0777. The van der Waals surface area contributed by atoms with Gasteiger partial charge in [0.05, 0.1) is 12.8 Å². The molecule has 0 bridgehead atoms. The van der Waals surface area contributed by atoms with Gasteiger partial charge in [-0.15, -0.1) is 0 Å². The van der Waals surface area contributed by atoms with Crippen LogP contribution >= 0.6 is 0 Å². The Labute approximate surface area is 155 Å². The normalized spacial score (nSPS) is 11.9. The van der Waals surface area contributed by atoms with Gasteiger partial charge in [0.25, 0.3) is 5.91 Å². The van der Waals surface area contributed by atoms with Crippen molar-refractivity contribution in [2.75, 3.05) is 13.2 Å². The van der Waals surface area contributed by atoms with Crippen molar-refractivity contribution in [3.05, 3.63) is 65.7 Å². The topological polar surface area (TPSA) is 59.9 Å². The second-order valence-electron chi connectivity index (χ2n) is 5.97. The smallest absolute Gasteiger partial charge is 0.260 e. The number of carbonyl (C=O) groups excluding carboxylic acids is 1. The Morgan fingerprint density at radius 2 is 1.88 bits per heavy atom. The summed E-state index contributed by atoms with van der Waals surface area (Å²) in [5.74, 6) is 0.558. The molecule has 0 saturated heterocycles. The first-order valence-corrected chi connectivity index (χ1v) is 8.89. The summed E-state index contributed by atoms with van der Waals surface area (Å²) in [7, 11) is 0. The molecule has 0 unspecified atom stereocenters. The lowest BCUT2D eigenvalue weighted by Crippen LogP contribution is -2.35. The van der Waals surface area contributed by atoms with Crippen LogP contribution in [0.3, 0.4) is 0 Å². The summed E-state index contributed by atoms with van der Waals surface area (Å²) < 4.78 is 5.51. The molecule has 0 spiro atoms. The second kappa shape index (κ2) is 10.9. The molecule has 0 saturated carbocycles. The Morgan fingerprint density at radius 3 is 2.65 bits per heavy atom. The number of benzene rings is 2. The quantitative estimate of drug-likeness (QED) is 0.524. The van der Waals surface area contributed by atoms with Crippen LogP contribution in [0.4, 0.5) is 0 Å². The summed E-state index contributed by atoms with van der Waals surface area (Å²) in [5.41, 5.74) is 2.08. The molecule has 138 valence electrons. The maximum Gasteiger partial charge on any atom is 0.260 e. The van der Waals surface area contributed by atoms with Gasteiger partial charge in [-0.05, 0) is 44.4 Å². The van der Waals surface area contributed by atoms with E-state index in [0.717, 1.165) is 24.2 Å². The monoisotopic (exact) mass is 354 g/mol. The average Bonchev–Trinajstić information content (AvgIpc) is 2.66. The second-order valence-corrected chi connectivity index (χ2v) is 5.97. The number of nitrogens with one attached hydrogen (secondary N) is 1. The number of hydrogen-bond acceptors (Lipinski definition) is 4. The van der Waals surface area contributed by atoms with Gasteiger partial charge >= 0.3 is 0 Å². The van der Waals surface area contributed by atoms with Gasteiger partial charge in [-0.2, -0.15) is 0 Å². The molecule has 1 amide bonds. The zero-order valence-electron chi connectivity index (χ0n) is 15.4. The molecule has 2 rings (SSSR count). The number of ether oxygens (including phenoxy) is 1. The lowest BCUT2D eigenvalue weighted by molar-refractivity contribution is -0.126. The van der Waals surface area contributed by atoms with Gasteiger partial charge in [-0.25, -0.2) is 0 Å². The summed E-state index contributed by atoms with van der Waals surface area (Å²) in [4.78, 5) is 17.0. The SMILES string of the molecule is CCOc1ccccc1/C=N\OCC(=O)N[C@@H](C)CCc1ccccc1. The van der Waals surface area contributed by atoms with E-state index in [0.29, 0.717) is 6.61 Å². The van der Waals surface area contributed by atoms with E-state index >= 15 is 0 Å². The van der Waals surface area contributed by atoms with Crippen molar-refractivity contribution >= 4 is 12.1 Å². The molecule has 5 nitrogen and oxygen atoms in total. The van der Waals surface area contributed by atoms with Crippen LogP contribution in [0.25, 0.3) is 0 Å². The molecule has 0 aromatic heterocycles. The third-order valence-corrected chi connectivity index (χ3v) is 3.80. The van der Waals surface area contributed by atoms with E-state index in [1.807, 2.05) is 56.3 Å². The highest BCUT2D eigenvalue weighted by molar-refractivity contribution is 5.83. The predicted molar refractivity (Wildman–Crippen MR) is 104 cm³/mol. The van der Waals surface area contributed by atoms with Crippen LogP contribution in [-0.2, 0) is 16.1 Å². The van der Waals surface area contributed by atoms with Gasteiger partial charge < -0.3 is 14.9 Å². The fraction of sp³-hybridized carbons (Fsp3) is 0.333. The van der Waals surface area contributed by atoms with Crippen molar-refractivity contribution in [3.8, 4) is 5.75 Å². The van der Waals surface area contributed by atoms with Crippen LogP contribution in [-0.4, -0.2) is 31.4 Å². The highest BCUT2D eigenvalue weighted by atomic mass is 16.6. The molecule has 1 N–H and O–H groups in total. The molecule has 0 aliphatic carbocycles. The van der Waals surface area contributed by atoms with E-state index in [-0.39, 0.29) is 18.6 Å². The molecule has 0 radical (unpaired) electrons. The Hall–Kier alpha value is -2.82. The van der Waals surface area contributed by atoms with Gasteiger partial charge in [0, 0.05) is 11.6 Å². The molecule has 0 fully saturated rings. The van der Waals surface area contributed by atoms with Gasteiger partial charge in [-0.3, -0.25) is 4.79 Å². The Morgan fingerprint density at radius 1 is 1.15 bits per heavy atom. The largest absolute Gasteiger partial charge is 0.493 e. The van der Waals surface area contributed by atoms with Gasteiger partial charge in [0.15, 0.2) is 6.61 Å². The van der Waals surface area contributed by atoms with Crippen LogP contribution in [0.1, 0.15) is 31.4 Å². The number of nitrogens with zero attached hydrogens (tertiary/aromatic N) is 1. The Bertz CT molecular complexity index is 701. The fourth-order valence-electron chi connectivity index (χ4n) is 2.48. The van der Waals surface area contributed by atoms with Crippen LogP contribution in [0, 0.1) is 0 Å². The highest BCUT2D eigenvalue weighted by Gasteiger charge is 2.08. The molecular weight excluding hydrogens is 328 g/mol. The maximum atomic E-state index is 11.9. The average molecular weight is 354 g/mol.